The van der Waals surface area contributed by atoms with Crippen LogP contribution >= 0.6 is 27.3 Å². The number of nitrogens with zero attached hydrogens (tertiary/aromatic N) is 1. The van der Waals surface area contributed by atoms with Gasteiger partial charge in [-0.05, 0) is 46.5 Å². The van der Waals surface area contributed by atoms with Gasteiger partial charge in [0.25, 0.3) is 5.91 Å². The molecule has 1 aromatic carbocycles. The van der Waals surface area contributed by atoms with E-state index < -0.39 is 0 Å². The summed E-state index contributed by atoms with van der Waals surface area (Å²) in [6.07, 6.45) is 0. The number of thiophene rings is 1. The molecule has 0 spiro atoms. The molecule has 2 rings (SSSR count). The smallest absolute Gasteiger partial charge is 0.251 e. The first-order chi connectivity index (χ1) is 12.1. The van der Waals surface area contributed by atoms with Crippen LogP contribution in [0.5, 0.6) is 0 Å². The van der Waals surface area contributed by atoms with E-state index in [-0.39, 0.29) is 5.91 Å². The lowest BCUT2D eigenvalue weighted by Gasteiger charge is -2.15. The first kappa shape index (κ1) is 19.5. The van der Waals surface area contributed by atoms with Crippen LogP contribution in [0, 0.1) is 0 Å². The number of carbonyl (C=O) groups is 1. The number of benzene rings is 1. The van der Waals surface area contributed by atoms with Crippen molar-refractivity contribution < 1.29 is 4.79 Å². The summed E-state index contributed by atoms with van der Waals surface area (Å²) in [5.74, 6) is 1.07. The van der Waals surface area contributed by atoms with E-state index in [1.165, 1.54) is 5.56 Å². The second kappa shape index (κ2) is 10.2. The molecule has 1 unspecified atom stereocenters. The first-order valence-electron chi connectivity index (χ1n) is 8.10. The van der Waals surface area contributed by atoms with Crippen LogP contribution in [0.1, 0.15) is 28.8 Å². The molecule has 0 bridgehead atoms. The van der Waals surface area contributed by atoms with Crippen LogP contribution in [0.15, 0.2) is 50.6 Å². The largest absolute Gasteiger partial charge is 0.356 e. The Kier molecular flexibility index (Phi) is 7.94. The summed E-state index contributed by atoms with van der Waals surface area (Å²) in [6, 6.07) is 9.47. The molecule has 1 heterocycles. The third-order valence-corrected chi connectivity index (χ3v) is 4.90. The van der Waals surface area contributed by atoms with Crippen molar-refractivity contribution in [3.05, 3.63) is 56.7 Å². The van der Waals surface area contributed by atoms with Crippen molar-refractivity contribution in [2.75, 3.05) is 26.7 Å². The lowest BCUT2D eigenvalue weighted by atomic mass is 10.1. The van der Waals surface area contributed by atoms with E-state index >= 15 is 0 Å². The van der Waals surface area contributed by atoms with E-state index in [1.54, 1.807) is 30.5 Å². The van der Waals surface area contributed by atoms with Gasteiger partial charge in [-0.2, -0.15) is 11.3 Å². The molecule has 0 aliphatic carbocycles. The molecule has 0 saturated heterocycles. The molecule has 0 fully saturated rings. The van der Waals surface area contributed by atoms with Crippen molar-refractivity contribution in [1.29, 1.82) is 0 Å². The van der Waals surface area contributed by atoms with Crippen LogP contribution in [0.3, 0.4) is 0 Å². The lowest BCUT2D eigenvalue weighted by molar-refractivity contribution is 0.0954. The van der Waals surface area contributed by atoms with E-state index in [0.717, 1.165) is 17.0 Å². The minimum absolute atomic E-state index is 0.0860. The molecule has 0 aliphatic rings. The molecule has 2 aromatic rings. The van der Waals surface area contributed by atoms with Gasteiger partial charge in [-0.15, -0.1) is 0 Å². The molecule has 0 radical (unpaired) electrons. The van der Waals surface area contributed by atoms with E-state index in [0.29, 0.717) is 24.6 Å². The van der Waals surface area contributed by atoms with Gasteiger partial charge in [0.1, 0.15) is 0 Å². The second-order valence-corrected chi connectivity index (χ2v) is 7.30. The molecule has 1 aromatic heterocycles. The highest BCUT2D eigenvalue weighted by Gasteiger charge is 2.07. The van der Waals surface area contributed by atoms with Gasteiger partial charge in [0.2, 0.25) is 0 Å². The first-order valence-corrected chi connectivity index (χ1v) is 9.84. The van der Waals surface area contributed by atoms with E-state index in [4.69, 9.17) is 0 Å². The van der Waals surface area contributed by atoms with Crippen LogP contribution in [0.25, 0.3) is 0 Å². The summed E-state index contributed by atoms with van der Waals surface area (Å²) in [5.41, 5.74) is 1.97. The molecule has 3 N–H and O–H groups in total. The summed E-state index contributed by atoms with van der Waals surface area (Å²) in [5, 5.41) is 13.7. The van der Waals surface area contributed by atoms with Crippen molar-refractivity contribution in [3.8, 4) is 0 Å². The van der Waals surface area contributed by atoms with Gasteiger partial charge < -0.3 is 16.0 Å². The third kappa shape index (κ3) is 6.51. The Morgan fingerprint density at radius 2 is 2.04 bits per heavy atom. The van der Waals surface area contributed by atoms with Crippen molar-refractivity contribution in [2.24, 2.45) is 4.99 Å². The van der Waals surface area contributed by atoms with Crippen LogP contribution in [0.4, 0.5) is 0 Å². The summed E-state index contributed by atoms with van der Waals surface area (Å²) < 4.78 is 0.891. The number of hydrogen-bond acceptors (Lipinski definition) is 3. The van der Waals surface area contributed by atoms with Crippen LogP contribution in [-0.2, 0) is 0 Å². The summed E-state index contributed by atoms with van der Waals surface area (Å²) in [7, 11) is 1.74. The van der Waals surface area contributed by atoms with Crippen LogP contribution < -0.4 is 16.0 Å². The maximum absolute atomic E-state index is 12.1. The average Bonchev–Trinajstić information content (AvgIpc) is 3.15. The maximum atomic E-state index is 12.1. The Balaban J connectivity index is 1.68. The number of aliphatic imine (C=N–C) groups is 1. The van der Waals surface area contributed by atoms with Gasteiger partial charge in [0, 0.05) is 36.7 Å². The third-order valence-electron chi connectivity index (χ3n) is 3.70. The Labute approximate surface area is 161 Å². The Bertz CT molecular complexity index is 703. The fourth-order valence-corrected chi connectivity index (χ4v) is 3.41. The number of carbonyl (C=O) groups excluding carboxylic acids is 1. The molecule has 0 saturated carbocycles. The Hall–Kier alpha value is -1.86. The summed E-state index contributed by atoms with van der Waals surface area (Å²) in [4.78, 5) is 16.3. The highest BCUT2D eigenvalue weighted by molar-refractivity contribution is 9.10. The number of amides is 1. The minimum atomic E-state index is -0.0860. The highest BCUT2D eigenvalue weighted by Crippen LogP contribution is 2.16. The average molecular weight is 423 g/mol. The topological polar surface area (TPSA) is 65.5 Å². The van der Waals surface area contributed by atoms with E-state index in [1.807, 2.05) is 12.1 Å². The number of rotatable bonds is 7. The van der Waals surface area contributed by atoms with E-state index in [9.17, 15) is 4.79 Å². The van der Waals surface area contributed by atoms with Gasteiger partial charge in [-0.1, -0.05) is 28.9 Å². The standard InChI is InChI=1S/C18H23BrN4OS/c1-13(15-6-9-25-12-15)11-23-18(20-2)22-8-7-21-17(24)14-4-3-5-16(19)10-14/h3-6,9-10,12-13H,7-8,11H2,1-2H3,(H,21,24)(H2,20,22,23). The molecular formula is C18H23BrN4OS. The monoisotopic (exact) mass is 422 g/mol. The number of hydrogen-bond donors (Lipinski definition) is 3. The fourth-order valence-electron chi connectivity index (χ4n) is 2.23. The zero-order chi connectivity index (χ0) is 18.1. The van der Waals surface area contributed by atoms with Crippen molar-refractivity contribution in [3.63, 3.8) is 0 Å². The predicted octanol–water partition coefficient (Wildman–Crippen LogP) is 3.21. The van der Waals surface area contributed by atoms with Gasteiger partial charge in [-0.3, -0.25) is 9.79 Å². The van der Waals surface area contributed by atoms with E-state index in [2.05, 4.69) is 60.6 Å². The van der Waals surface area contributed by atoms with Gasteiger partial charge >= 0.3 is 0 Å². The maximum Gasteiger partial charge on any atom is 0.251 e. The van der Waals surface area contributed by atoms with Gasteiger partial charge in [0.15, 0.2) is 5.96 Å². The zero-order valence-corrected chi connectivity index (χ0v) is 16.8. The Morgan fingerprint density at radius 1 is 1.24 bits per heavy atom. The molecule has 25 heavy (non-hydrogen) atoms. The molecule has 0 aliphatic heterocycles. The Morgan fingerprint density at radius 3 is 2.72 bits per heavy atom. The van der Waals surface area contributed by atoms with Crippen LogP contribution in [-0.4, -0.2) is 38.5 Å². The normalized spacial score (nSPS) is 12.5. The van der Waals surface area contributed by atoms with Gasteiger partial charge in [-0.25, -0.2) is 0 Å². The zero-order valence-electron chi connectivity index (χ0n) is 14.4. The molecule has 5 nitrogen and oxygen atoms in total. The van der Waals surface area contributed by atoms with Crippen molar-refractivity contribution in [1.82, 2.24) is 16.0 Å². The molecular weight excluding hydrogens is 400 g/mol. The van der Waals surface area contributed by atoms with Crippen molar-refractivity contribution in [2.45, 2.75) is 12.8 Å². The summed E-state index contributed by atoms with van der Waals surface area (Å²) in [6.45, 7) is 4.11. The lowest BCUT2D eigenvalue weighted by Crippen LogP contribution is -2.42. The predicted molar refractivity (Wildman–Crippen MR) is 109 cm³/mol. The SMILES string of the molecule is CN=C(NCCNC(=O)c1cccc(Br)c1)NCC(C)c1ccsc1. The number of nitrogens with one attached hydrogen (secondary N) is 3. The highest BCUT2D eigenvalue weighted by atomic mass is 79.9. The fraction of sp³-hybridized carbons (Fsp3) is 0.333. The number of guanidine groups is 1. The molecule has 1 atom stereocenters. The van der Waals surface area contributed by atoms with Crippen molar-refractivity contribution >= 4 is 39.1 Å². The summed E-state index contributed by atoms with van der Waals surface area (Å²) >= 11 is 5.08. The number of halogens is 1. The van der Waals surface area contributed by atoms with Crippen LogP contribution in [0.2, 0.25) is 0 Å². The quantitative estimate of drug-likeness (QED) is 0.364. The molecule has 1 amide bonds. The second-order valence-electron chi connectivity index (χ2n) is 5.60. The molecule has 7 heteroatoms. The molecule has 134 valence electrons. The minimum Gasteiger partial charge on any atom is -0.356 e. The van der Waals surface area contributed by atoms with Gasteiger partial charge in [0.05, 0.1) is 0 Å².